The normalized spacial score (nSPS) is 23.1. The Labute approximate surface area is 111 Å². The monoisotopic (exact) mass is 273 g/mol. The van der Waals surface area contributed by atoms with Crippen LogP contribution in [0.3, 0.4) is 0 Å². The number of aliphatic carboxylic acids is 1. The number of likely N-dealkylation sites (tertiary alicyclic amines) is 1. The van der Waals surface area contributed by atoms with E-state index in [1.807, 2.05) is 0 Å². The fraction of sp³-hybridized carbons (Fsp3) is 0.750. The topological polar surface area (TPSA) is 93.1 Å². The van der Waals surface area contributed by atoms with E-state index in [0.29, 0.717) is 0 Å². The second-order valence-electron chi connectivity index (χ2n) is 5.44. The van der Waals surface area contributed by atoms with Gasteiger partial charge in [-0.3, -0.25) is 9.69 Å². The average molecular weight is 273 g/mol. The zero-order valence-electron chi connectivity index (χ0n) is 11.5. The van der Waals surface area contributed by atoms with Crippen molar-refractivity contribution in [3.05, 3.63) is 0 Å². The van der Waals surface area contributed by atoms with Gasteiger partial charge in [0.05, 0.1) is 13.0 Å². The number of hydrogen-bond acceptors (Lipinski definition) is 5. The molecule has 108 valence electrons. The van der Waals surface area contributed by atoms with Crippen LogP contribution < -0.4 is 0 Å². The van der Waals surface area contributed by atoms with Crippen LogP contribution in [0.4, 0.5) is 4.79 Å². The molecule has 1 aliphatic rings. The average Bonchev–Trinajstić information content (AvgIpc) is 2.70. The molecule has 0 aliphatic carbocycles. The Morgan fingerprint density at radius 3 is 2.26 bits per heavy atom. The number of carbonyl (C=O) groups is 3. The third-order valence-corrected chi connectivity index (χ3v) is 2.75. The van der Waals surface area contributed by atoms with Crippen molar-refractivity contribution in [1.82, 2.24) is 4.90 Å². The van der Waals surface area contributed by atoms with Gasteiger partial charge in [-0.25, -0.2) is 9.59 Å². The number of esters is 1. The lowest BCUT2D eigenvalue weighted by Gasteiger charge is -2.26. The first-order valence-electron chi connectivity index (χ1n) is 5.96. The lowest BCUT2D eigenvalue weighted by molar-refractivity contribution is -0.144. The fourth-order valence-electron chi connectivity index (χ4n) is 1.93. The number of hydrogen-bond donors (Lipinski definition) is 1. The lowest BCUT2D eigenvalue weighted by atomic mass is 10.1. The van der Waals surface area contributed by atoms with Gasteiger partial charge in [-0.05, 0) is 27.2 Å². The van der Waals surface area contributed by atoms with Crippen LogP contribution in [0, 0.1) is 5.92 Å². The summed E-state index contributed by atoms with van der Waals surface area (Å²) in [5.41, 5.74) is -0.719. The van der Waals surface area contributed by atoms with E-state index in [4.69, 9.17) is 9.84 Å². The van der Waals surface area contributed by atoms with E-state index in [-0.39, 0.29) is 13.0 Å². The van der Waals surface area contributed by atoms with Crippen LogP contribution in [0.1, 0.15) is 27.2 Å². The summed E-state index contributed by atoms with van der Waals surface area (Å²) in [5, 5.41) is 9.10. The first-order valence-corrected chi connectivity index (χ1v) is 5.96. The Kier molecular flexibility index (Phi) is 4.39. The molecule has 0 spiro atoms. The number of rotatable bonds is 2. The van der Waals surface area contributed by atoms with Crippen LogP contribution in [-0.4, -0.2) is 53.3 Å². The molecule has 2 atom stereocenters. The standard InChI is InChI=1S/C12H19NO6/c1-12(2,3)19-11(17)13-6-7(10(16)18-4)5-8(13)9(14)15/h7-8H,5-6H2,1-4H3,(H,14,15). The summed E-state index contributed by atoms with van der Waals surface area (Å²) in [6.07, 6.45) is -0.687. The minimum Gasteiger partial charge on any atom is -0.480 e. The first-order chi connectivity index (χ1) is 8.65. The first kappa shape index (κ1) is 15.3. The van der Waals surface area contributed by atoms with E-state index in [0.717, 1.165) is 4.90 Å². The molecule has 1 N–H and O–H groups in total. The van der Waals surface area contributed by atoms with Crippen molar-refractivity contribution in [2.75, 3.05) is 13.7 Å². The number of methoxy groups -OCH3 is 1. The molecular weight excluding hydrogens is 254 g/mol. The van der Waals surface area contributed by atoms with Crippen LogP contribution in [0.25, 0.3) is 0 Å². The largest absolute Gasteiger partial charge is 0.480 e. The van der Waals surface area contributed by atoms with Crippen molar-refractivity contribution in [1.29, 1.82) is 0 Å². The number of carboxylic acids is 1. The van der Waals surface area contributed by atoms with Crippen LogP contribution >= 0.6 is 0 Å². The van der Waals surface area contributed by atoms with Crippen molar-refractivity contribution >= 4 is 18.0 Å². The summed E-state index contributed by atoms with van der Waals surface area (Å²) in [6.45, 7) is 5.07. The quantitative estimate of drug-likeness (QED) is 0.750. The maximum Gasteiger partial charge on any atom is 0.411 e. The van der Waals surface area contributed by atoms with Crippen LogP contribution in [0.15, 0.2) is 0 Å². The molecule has 1 rings (SSSR count). The zero-order chi connectivity index (χ0) is 14.8. The van der Waals surface area contributed by atoms with Gasteiger partial charge in [-0.2, -0.15) is 0 Å². The molecule has 7 heteroatoms. The zero-order valence-corrected chi connectivity index (χ0v) is 11.5. The highest BCUT2D eigenvalue weighted by Gasteiger charge is 2.44. The summed E-state index contributed by atoms with van der Waals surface area (Å²) in [4.78, 5) is 35.6. The van der Waals surface area contributed by atoms with Crippen molar-refractivity contribution in [3.63, 3.8) is 0 Å². The predicted octanol–water partition coefficient (Wildman–Crippen LogP) is 0.870. The molecule has 1 amide bonds. The minimum atomic E-state index is -1.16. The van der Waals surface area contributed by atoms with E-state index in [9.17, 15) is 14.4 Å². The highest BCUT2D eigenvalue weighted by atomic mass is 16.6. The van der Waals surface area contributed by atoms with Gasteiger partial charge < -0.3 is 14.6 Å². The van der Waals surface area contributed by atoms with Crippen LogP contribution in [-0.2, 0) is 19.1 Å². The van der Waals surface area contributed by atoms with Gasteiger partial charge in [0.15, 0.2) is 0 Å². The molecular formula is C12H19NO6. The molecule has 0 aromatic carbocycles. The third-order valence-electron chi connectivity index (χ3n) is 2.75. The second kappa shape index (κ2) is 5.46. The molecule has 0 radical (unpaired) electrons. The Hall–Kier alpha value is -1.79. The Bertz CT molecular complexity index is 386. The maximum atomic E-state index is 11.9. The van der Waals surface area contributed by atoms with Gasteiger partial charge in [0.25, 0.3) is 0 Å². The summed E-state index contributed by atoms with van der Waals surface area (Å²) in [7, 11) is 1.23. The molecule has 0 aromatic rings. The van der Waals surface area contributed by atoms with Crippen molar-refractivity contribution in [3.8, 4) is 0 Å². The van der Waals surface area contributed by atoms with E-state index >= 15 is 0 Å². The van der Waals surface area contributed by atoms with Crippen molar-refractivity contribution in [2.24, 2.45) is 5.92 Å². The number of carboxylic acid groups (broad SMARTS) is 1. The van der Waals surface area contributed by atoms with Gasteiger partial charge in [-0.1, -0.05) is 0 Å². The van der Waals surface area contributed by atoms with E-state index in [1.165, 1.54) is 7.11 Å². The molecule has 0 bridgehead atoms. The fourth-order valence-corrected chi connectivity index (χ4v) is 1.93. The molecule has 0 saturated carbocycles. The number of ether oxygens (including phenoxy) is 2. The van der Waals surface area contributed by atoms with Crippen molar-refractivity contribution < 1.29 is 29.0 Å². The highest BCUT2D eigenvalue weighted by molar-refractivity contribution is 5.84. The molecule has 2 unspecified atom stereocenters. The smallest absolute Gasteiger partial charge is 0.411 e. The SMILES string of the molecule is COC(=O)C1CC(C(=O)O)N(C(=O)OC(C)(C)C)C1. The number of nitrogens with zero attached hydrogens (tertiary/aromatic N) is 1. The molecule has 7 nitrogen and oxygen atoms in total. The van der Waals surface area contributed by atoms with Crippen LogP contribution in [0.2, 0.25) is 0 Å². The van der Waals surface area contributed by atoms with E-state index in [1.54, 1.807) is 20.8 Å². The van der Waals surface area contributed by atoms with E-state index in [2.05, 4.69) is 4.74 Å². The second-order valence-corrected chi connectivity index (χ2v) is 5.44. The highest BCUT2D eigenvalue weighted by Crippen LogP contribution is 2.26. The maximum absolute atomic E-state index is 11.9. The molecule has 0 aromatic heterocycles. The van der Waals surface area contributed by atoms with Gasteiger partial charge in [0.2, 0.25) is 0 Å². The minimum absolute atomic E-state index is 0.00144. The summed E-state index contributed by atoms with van der Waals surface area (Å²) >= 11 is 0. The Morgan fingerprint density at radius 2 is 1.84 bits per heavy atom. The van der Waals surface area contributed by atoms with Gasteiger partial charge in [0.1, 0.15) is 11.6 Å². The molecule has 1 aliphatic heterocycles. The van der Waals surface area contributed by atoms with E-state index < -0.39 is 35.6 Å². The number of amides is 1. The van der Waals surface area contributed by atoms with Crippen molar-refractivity contribution in [2.45, 2.75) is 38.8 Å². The molecule has 19 heavy (non-hydrogen) atoms. The lowest BCUT2D eigenvalue weighted by Crippen LogP contribution is -2.43. The Morgan fingerprint density at radius 1 is 1.26 bits per heavy atom. The molecule has 1 fully saturated rings. The van der Waals surface area contributed by atoms with Crippen LogP contribution in [0.5, 0.6) is 0 Å². The van der Waals surface area contributed by atoms with Gasteiger partial charge >= 0.3 is 18.0 Å². The third kappa shape index (κ3) is 3.84. The summed E-state index contributed by atoms with van der Waals surface area (Å²) in [5.74, 6) is -2.30. The van der Waals surface area contributed by atoms with Gasteiger partial charge in [-0.15, -0.1) is 0 Å². The summed E-state index contributed by atoms with van der Waals surface area (Å²) in [6, 6.07) is -1.06. The number of carbonyl (C=O) groups excluding carboxylic acids is 2. The van der Waals surface area contributed by atoms with Gasteiger partial charge in [0, 0.05) is 6.54 Å². The Balaban J connectivity index is 2.82. The molecule has 1 saturated heterocycles. The summed E-state index contributed by atoms with van der Waals surface area (Å²) < 4.78 is 9.72. The predicted molar refractivity (Wildman–Crippen MR) is 64.5 cm³/mol. The molecule has 1 heterocycles.